The fraction of sp³-hybridized carbons (Fsp3) is 0.0500. The van der Waals surface area contributed by atoms with Gasteiger partial charge in [-0.3, -0.25) is 4.79 Å². The van der Waals surface area contributed by atoms with E-state index >= 15 is 0 Å². The lowest BCUT2D eigenvalue weighted by atomic mass is 9.85. The lowest BCUT2D eigenvalue weighted by Gasteiger charge is -2.17. The summed E-state index contributed by atoms with van der Waals surface area (Å²) in [5.74, 6) is -0.121. The summed E-state index contributed by atoms with van der Waals surface area (Å²) in [5.41, 5.74) is 2.50. The summed E-state index contributed by atoms with van der Waals surface area (Å²) in [6.07, 6.45) is 0. The molecule has 3 rings (SSSR count). The van der Waals surface area contributed by atoms with Crippen LogP contribution in [0.2, 0.25) is 0 Å². The highest BCUT2D eigenvalue weighted by Crippen LogP contribution is 2.29. The maximum atomic E-state index is 13.0. The van der Waals surface area contributed by atoms with E-state index in [1.54, 1.807) is 24.3 Å². The maximum Gasteiger partial charge on any atom is 0.174 e. The number of aromatic hydroxyl groups is 1. The van der Waals surface area contributed by atoms with Gasteiger partial charge in [-0.05, 0) is 23.3 Å². The minimum Gasteiger partial charge on any atom is -0.508 e. The van der Waals surface area contributed by atoms with E-state index in [1.165, 1.54) is 0 Å². The summed E-state index contributed by atoms with van der Waals surface area (Å²) in [6.45, 7) is 0. The third-order valence-corrected chi connectivity index (χ3v) is 3.68. The number of rotatable bonds is 4. The molecule has 1 unspecified atom stereocenters. The molecule has 0 amide bonds. The van der Waals surface area contributed by atoms with Gasteiger partial charge in [-0.15, -0.1) is 0 Å². The van der Waals surface area contributed by atoms with Gasteiger partial charge in [0.25, 0.3) is 0 Å². The summed E-state index contributed by atoms with van der Waals surface area (Å²) < 4.78 is 0. The summed E-state index contributed by atoms with van der Waals surface area (Å²) in [5, 5.41) is 9.48. The molecule has 0 bridgehead atoms. The van der Waals surface area contributed by atoms with Crippen molar-refractivity contribution in [3.05, 3.63) is 102 Å². The second-order valence-electron chi connectivity index (χ2n) is 5.17. The average molecular weight is 288 g/mol. The zero-order valence-corrected chi connectivity index (χ0v) is 12.0. The molecule has 0 aliphatic rings. The zero-order valence-electron chi connectivity index (χ0n) is 12.0. The largest absolute Gasteiger partial charge is 0.508 e. The SMILES string of the molecule is O=C(c1ccccc1)C(c1ccccc1)c1ccc(O)cc1. The molecule has 0 saturated heterocycles. The van der Waals surface area contributed by atoms with Crippen molar-refractivity contribution in [3.63, 3.8) is 0 Å². The van der Waals surface area contributed by atoms with Gasteiger partial charge in [-0.25, -0.2) is 0 Å². The van der Waals surface area contributed by atoms with Crippen molar-refractivity contribution in [2.75, 3.05) is 0 Å². The van der Waals surface area contributed by atoms with Gasteiger partial charge in [0.1, 0.15) is 5.75 Å². The predicted molar refractivity (Wildman–Crippen MR) is 87.2 cm³/mol. The smallest absolute Gasteiger partial charge is 0.174 e. The highest BCUT2D eigenvalue weighted by atomic mass is 16.3. The number of benzene rings is 3. The van der Waals surface area contributed by atoms with Crippen LogP contribution in [0, 0.1) is 0 Å². The van der Waals surface area contributed by atoms with Crippen molar-refractivity contribution in [1.29, 1.82) is 0 Å². The molecular formula is C20H16O2. The molecule has 3 aromatic carbocycles. The first-order chi connectivity index (χ1) is 10.8. The third-order valence-electron chi connectivity index (χ3n) is 3.68. The van der Waals surface area contributed by atoms with Gasteiger partial charge in [0.15, 0.2) is 5.78 Å². The van der Waals surface area contributed by atoms with Gasteiger partial charge in [-0.1, -0.05) is 72.8 Å². The quantitative estimate of drug-likeness (QED) is 0.722. The molecule has 0 aliphatic heterocycles. The Balaban J connectivity index is 2.07. The van der Waals surface area contributed by atoms with Gasteiger partial charge in [0.05, 0.1) is 5.92 Å². The molecule has 1 N–H and O–H groups in total. The summed E-state index contributed by atoms with van der Waals surface area (Å²) in [7, 11) is 0. The fourth-order valence-electron chi connectivity index (χ4n) is 2.58. The Kier molecular flexibility index (Phi) is 4.01. The Bertz CT molecular complexity index is 747. The molecule has 0 heterocycles. The first kappa shape index (κ1) is 14.1. The van der Waals surface area contributed by atoms with Crippen LogP contribution in [-0.2, 0) is 0 Å². The van der Waals surface area contributed by atoms with E-state index in [0.717, 1.165) is 11.1 Å². The first-order valence-corrected chi connectivity index (χ1v) is 7.19. The minimum absolute atomic E-state index is 0.0532. The van der Waals surface area contributed by atoms with Crippen LogP contribution >= 0.6 is 0 Å². The second-order valence-corrected chi connectivity index (χ2v) is 5.17. The topological polar surface area (TPSA) is 37.3 Å². The second kappa shape index (κ2) is 6.27. The molecule has 0 fully saturated rings. The van der Waals surface area contributed by atoms with Gasteiger partial charge in [-0.2, -0.15) is 0 Å². The van der Waals surface area contributed by atoms with Crippen LogP contribution in [0.25, 0.3) is 0 Å². The molecule has 0 spiro atoms. The van der Waals surface area contributed by atoms with E-state index in [4.69, 9.17) is 0 Å². The van der Waals surface area contributed by atoms with Crippen LogP contribution < -0.4 is 0 Å². The van der Waals surface area contributed by atoms with E-state index < -0.39 is 0 Å². The molecule has 0 aliphatic carbocycles. The standard InChI is InChI=1S/C20H16O2/c21-18-13-11-16(12-14-18)19(15-7-3-1-4-8-15)20(22)17-9-5-2-6-10-17/h1-14,19,21H. The molecule has 108 valence electrons. The molecule has 1 atom stereocenters. The number of ketones is 1. The monoisotopic (exact) mass is 288 g/mol. The Morgan fingerprint density at radius 1 is 0.682 bits per heavy atom. The lowest BCUT2D eigenvalue weighted by Crippen LogP contribution is -2.14. The third kappa shape index (κ3) is 2.91. The summed E-state index contributed by atoms with van der Waals surface area (Å²) in [4.78, 5) is 13.0. The number of carbonyl (C=O) groups is 1. The van der Waals surface area contributed by atoms with E-state index in [-0.39, 0.29) is 17.5 Å². The van der Waals surface area contributed by atoms with Gasteiger partial charge in [0.2, 0.25) is 0 Å². The normalized spacial score (nSPS) is 11.8. The van der Waals surface area contributed by atoms with E-state index in [9.17, 15) is 9.90 Å². The van der Waals surface area contributed by atoms with Crippen LogP contribution in [0.3, 0.4) is 0 Å². The van der Waals surface area contributed by atoms with Gasteiger partial charge < -0.3 is 5.11 Å². The molecule has 2 heteroatoms. The number of Topliss-reactive ketones (excluding diaryl/α,β-unsaturated/α-hetero) is 1. The number of phenols is 1. The van der Waals surface area contributed by atoms with E-state index in [1.807, 2.05) is 60.7 Å². The Hall–Kier alpha value is -2.87. The average Bonchev–Trinajstić information content (AvgIpc) is 2.58. The molecular weight excluding hydrogens is 272 g/mol. The van der Waals surface area contributed by atoms with Gasteiger partial charge >= 0.3 is 0 Å². The van der Waals surface area contributed by atoms with Crippen molar-refractivity contribution in [2.24, 2.45) is 0 Å². The highest BCUT2D eigenvalue weighted by Gasteiger charge is 2.23. The summed E-state index contributed by atoms with van der Waals surface area (Å²) >= 11 is 0. The van der Waals surface area contributed by atoms with Crippen LogP contribution in [0.15, 0.2) is 84.9 Å². The van der Waals surface area contributed by atoms with Crippen LogP contribution in [0.4, 0.5) is 0 Å². The van der Waals surface area contributed by atoms with Crippen molar-refractivity contribution in [1.82, 2.24) is 0 Å². The van der Waals surface area contributed by atoms with Crippen LogP contribution in [0.5, 0.6) is 5.75 Å². The molecule has 0 aromatic heterocycles. The Labute approximate surface area is 129 Å². The molecule has 22 heavy (non-hydrogen) atoms. The zero-order chi connectivity index (χ0) is 15.4. The van der Waals surface area contributed by atoms with Crippen LogP contribution in [-0.4, -0.2) is 10.9 Å². The maximum absolute atomic E-state index is 13.0. The number of hydrogen-bond acceptors (Lipinski definition) is 2. The molecule has 2 nitrogen and oxygen atoms in total. The van der Waals surface area contributed by atoms with Crippen LogP contribution in [0.1, 0.15) is 27.4 Å². The van der Waals surface area contributed by atoms with Crippen molar-refractivity contribution >= 4 is 5.78 Å². The minimum atomic E-state index is -0.371. The fourth-order valence-corrected chi connectivity index (χ4v) is 2.58. The van der Waals surface area contributed by atoms with E-state index in [2.05, 4.69) is 0 Å². The molecule has 3 aromatic rings. The van der Waals surface area contributed by atoms with Crippen molar-refractivity contribution in [3.8, 4) is 5.75 Å². The molecule has 0 saturated carbocycles. The van der Waals surface area contributed by atoms with E-state index in [0.29, 0.717) is 5.56 Å². The first-order valence-electron chi connectivity index (χ1n) is 7.19. The Morgan fingerprint density at radius 2 is 1.18 bits per heavy atom. The Morgan fingerprint density at radius 3 is 1.77 bits per heavy atom. The highest BCUT2D eigenvalue weighted by molar-refractivity contribution is 6.03. The lowest BCUT2D eigenvalue weighted by molar-refractivity contribution is 0.0974. The van der Waals surface area contributed by atoms with Gasteiger partial charge in [0, 0.05) is 5.56 Å². The number of phenolic OH excluding ortho intramolecular Hbond substituents is 1. The number of carbonyl (C=O) groups excluding carboxylic acids is 1. The van der Waals surface area contributed by atoms with Crippen molar-refractivity contribution < 1.29 is 9.90 Å². The number of hydrogen-bond donors (Lipinski definition) is 1. The predicted octanol–water partition coefficient (Wildman–Crippen LogP) is 4.41. The summed E-state index contributed by atoms with van der Waals surface area (Å²) in [6, 6.07) is 25.8. The molecule has 0 radical (unpaired) electrons. The van der Waals surface area contributed by atoms with Crippen molar-refractivity contribution in [2.45, 2.75) is 5.92 Å².